The normalized spacial score (nSPS) is 20.4. The largest absolute Gasteiger partial charge is 0.350 e. The second kappa shape index (κ2) is 7.44. The Morgan fingerprint density at radius 3 is 2.95 bits per heavy atom. The highest BCUT2D eigenvalue weighted by atomic mass is 16.1. The van der Waals surface area contributed by atoms with Crippen molar-refractivity contribution in [3.05, 3.63) is 35.4 Å². The average Bonchev–Trinajstić information content (AvgIpc) is 2.46. The monoisotopic (exact) mass is 274 g/mol. The van der Waals surface area contributed by atoms with Gasteiger partial charge in [-0.05, 0) is 63.2 Å². The zero-order valence-electron chi connectivity index (χ0n) is 12.6. The highest BCUT2D eigenvalue weighted by Crippen LogP contribution is 2.18. The van der Waals surface area contributed by atoms with Gasteiger partial charge in [-0.25, -0.2) is 0 Å². The third kappa shape index (κ3) is 4.34. The maximum absolute atomic E-state index is 12.0. The average molecular weight is 274 g/mol. The molecule has 1 unspecified atom stereocenters. The molecule has 3 nitrogen and oxygen atoms in total. The van der Waals surface area contributed by atoms with Crippen LogP contribution in [0.5, 0.6) is 0 Å². The van der Waals surface area contributed by atoms with E-state index in [1.54, 1.807) is 0 Å². The lowest BCUT2D eigenvalue weighted by Crippen LogP contribution is -2.32. The van der Waals surface area contributed by atoms with Gasteiger partial charge in [-0.1, -0.05) is 24.3 Å². The summed E-state index contributed by atoms with van der Waals surface area (Å²) in [5.41, 5.74) is 2.44. The molecule has 2 rings (SSSR count). The van der Waals surface area contributed by atoms with Gasteiger partial charge in [-0.3, -0.25) is 4.79 Å². The molecule has 1 fully saturated rings. The molecule has 2 N–H and O–H groups in total. The molecule has 110 valence electrons. The van der Waals surface area contributed by atoms with E-state index >= 15 is 0 Å². The second-order valence-electron chi connectivity index (χ2n) is 5.90. The van der Waals surface area contributed by atoms with Gasteiger partial charge in [-0.2, -0.15) is 0 Å². The van der Waals surface area contributed by atoms with Gasteiger partial charge in [0, 0.05) is 6.42 Å². The van der Waals surface area contributed by atoms with Gasteiger partial charge in [0.25, 0.3) is 0 Å². The molecule has 20 heavy (non-hydrogen) atoms. The number of amides is 1. The van der Waals surface area contributed by atoms with E-state index in [0.717, 1.165) is 19.5 Å². The Hall–Kier alpha value is -1.35. The molecule has 0 bridgehead atoms. The number of hydrogen-bond acceptors (Lipinski definition) is 2. The van der Waals surface area contributed by atoms with Crippen molar-refractivity contribution >= 4 is 5.91 Å². The molecule has 1 heterocycles. The van der Waals surface area contributed by atoms with Crippen LogP contribution in [0.3, 0.4) is 0 Å². The quantitative estimate of drug-likeness (QED) is 0.866. The first kappa shape index (κ1) is 15.0. The van der Waals surface area contributed by atoms with Crippen molar-refractivity contribution in [2.24, 2.45) is 5.92 Å². The van der Waals surface area contributed by atoms with Crippen LogP contribution in [-0.2, 0) is 4.79 Å². The van der Waals surface area contributed by atoms with Crippen molar-refractivity contribution in [2.75, 3.05) is 13.1 Å². The first-order chi connectivity index (χ1) is 9.66. The summed E-state index contributed by atoms with van der Waals surface area (Å²) in [6.07, 6.45) is 4.14. The predicted octanol–water partition coefficient (Wildman–Crippen LogP) is 2.95. The number of aryl methyl sites for hydroxylation is 1. The van der Waals surface area contributed by atoms with Crippen molar-refractivity contribution in [2.45, 2.75) is 45.6 Å². The molecule has 1 saturated heterocycles. The molecule has 1 aromatic carbocycles. The van der Waals surface area contributed by atoms with Crippen LogP contribution in [0.25, 0.3) is 0 Å². The Morgan fingerprint density at radius 1 is 1.45 bits per heavy atom. The van der Waals surface area contributed by atoms with E-state index in [2.05, 4.69) is 36.6 Å². The van der Waals surface area contributed by atoms with E-state index in [4.69, 9.17) is 0 Å². The van der Waals surface area contributed by atoms with E-state index in [9.17, 15) is 4.79 Å². The van der Waals surface area contributed by atoms with Crippen LogP contribution in [0.2, 0.25) is 0 Å². The molecule has 1 aromatic rings. The van der Waals surface area contributed by atoms with Crippen LogP contribution in [0.15, 0.2) is 24.3 Å². The van der Waals surface area contributed by atoms with Gasteiger partial charge in [0.05, 0.1) is 6.04 Å². The lowest BCUT2D eigenvalue weighted by molar-refractivity contribution is -0.122. The van der Waals surface area contributed by atoms with Gasteiger partial charge >= 0.3 is 0 Å². The van der Waals surface area contributed by atoms with Crippen molar-refractivity contribution in [1.82, 2.24) is 10.6 Å². The third-order valence-electron chi connectivity index (χ3n) is 4.21. The summed E-state index contributed by atoms with van der Waals surface area (Å²) in [6.45, 7) is 6.35. The van der Waals surface area contributed by atoms with Crippen molar-refractivity contribution in [3.8, 4) is 0 Å². The summed E-state index contributed by atoms with van der Waals surface area (Å²) in [6, 6.07) is 8.33. The molecule has 1 aliphatic rings. The first-order valence-electron chi connectivity index (χ1n) is 7.72. The molecule has 0 radical (unpaired) electrons. The molecule has 0 aliphatic carbocycles. The van der Waals surface area contributed by atoms with Crippen LogP contribution in [0.1, 0.15) is 49.8 Å². The maximum Gasteiger partial charge on any atom is 0.220 e. The van der Waals surface area contributed by atoms with Gasteiger partial charge in [0.1, 0.15) is 0 Å². The van der Waals surface area contributed by atoms with Crippen molar-refractivity contribution in [1.29, 1.82) is 0 Å². The maximum atomic E-state index is 12.0. The van der Waals surface area contributed by atoms with E-state index in [1.165, 1.54) is 24.0 Å². The minimum atomic E-state index is 0.0909. The number of carbonyl (C=O) groups excluding carboxylic acids is 1. The fourth-order valence-corrected chi connectivity index (χ4v) is 2.97. The van der Waals surface area contributed by atoms with E-state index in [1.807, 2.05) is 12.1 Å². The zero-order valence-corrected chi connectivity index (χ0v) is 12.6. The summed E-state index contributed by atoms with van der Waals surface area (Å²) in [4.78, 5) is 12.0. The standard InChI is InChI=1S/C17H26N2O/c1-13-6-3-4-8-16(13)14(2)19-17(20)10-9-15-7-5-11-18-12-15/h3-4,6,8,14-15,18H,5,7,9-12H2,1-2H3,(H,19,20)/t14-,15?/m0/s1. The van der Waals surface area contributed by atoms with Crippen LogP contribution in [0.4, 0.5) is 0 Å². The lowest BCUT2D eigenvalue weighted by Gasteiger charge is -2.23. The van der Waals surface area contributed by atoms with Crippen LogP contribution in [0, 0.1) is 12.8 Å². The molecule has 3 heteroatoms. The number of piperidine rings is 1. The smallest absolute Gasteiger partial charge is 0.220 e. The molecule has 0 spiro atoms. The van der Waals surface area contributed by atoms with E-state index in [0.29, 0.717) is 12.3 Å². The van der Waals surface area contributed by atoms with Gasteiger partial charge in [0.15, 0.2) is 0 Å². The number of nitrogens with one attached hydrogen (secondary N) is 2. The van der Waals surface area contributed by atoms with Crippen molar-refractivity contribution in [3.63, 3.8) is 0 Å². The lowest BCUT2D eigenvalue weighted by atomic mass is 9.94. The molecule has 1 aliphatic heterocycles. The number of carbonyl (C=O) groups is 1. The Morgan fingerprint density at radius 2 is 2.25 bits per heavy atom. The van der Waals surface area contributed by atoms with E-state index < -0.39 is 0 Å². The summed E-state index contributed by atoms with van der Waals surface area (Å²) in [5, 5.41) is 6.52. The minimum absolute atomic E-state index is 0.0909. The molecule has 2 atom stereocenters. The second-order valence-corrected chi connectivity index (χ2v) is 5.90. The van der Waals surface area contributed by atoms with Gasteiger partial charge in [0.2, 0.25) is 5.91 Å². The summed E-state index contributed by atoms with van der Waals surface area (Å²) >= 11 is 0. The summed E-state index contributed by atoms with van der Waals surface area (Å²) < 4.78 is 0. The third-order valence-corrected chi connectivity index (χ3v) is 4.21. The Balaban J connectivity index is 1.77. The Labute approximate surface area is 122 Å². The van der Waals surface area contributed by atoms with Crippen molar-refractivity contribution < 1.29 is 4.79 Å². The number of hydrogen-bond donors (Lipinski definition) is 2. The van der Waals surface area contributed by atoms with Crippen LogP contribution >= 0.6 is 0 Å². The predicted molar refractivity (Wildman–Crippen MR) is 82.6 cm³/mol. The summed E-state index contributed by atoms with van der Waals surface area (Å²) in [5.74, 6) is 0.842. The fourth-order valence-electron chi connectivity index (χ4n) is 2.97. The Bertz CT molecular complexity index is 438. The molecular weight excluding hydrogens is 248 g/mol. The summed E-state index contributed by atoms with van der Waals surface area (Å²) in [7, 11) is 0. The number of rotatable bonds is 5. The topological polar surface area (TPSA) is 41.1 Å². The molecule has 0 saturated carbocycles. The number of benzene rings is 1. The first-order valence-corrected chi connectivity index (χ1v) is 7.72. The SMILES string of the molecule is Cc1ccccc1[C@H](C)NC(=O)CCC1CCCNC1. The van der Waals surface area contributed by atoms with E-state index in [-0.39, 0.29) is 11.9 Å². The van der Waals surface area contributed by atoms with Crippen LogP contribution < -0.4 is 10.6 Å². The molecule has 1 amide bonds. The highest BCUT2D eigenvalue weighted by Gasteiger charge is 2.16. The highest BCUT2D eigenvalue weighted by molar-refractivity contribution is 5.76. The molecule has 0 aromatic heterocycles. The van der Waals surface area contributed by atoms with Gasteiger partial charge in [-0.15, -0.1) is 0 Å². The zero-order chi connectivity index (χ0) is 14.4. The van der Waals surface area contributed by atoms with Gasteiger partial charge < -0.3 is 10.6 Å². The fraction of sp³-hybridized carbons (Fsp3) is 0.588. The Kier molecular flexibility index (Phi) is 5.60. The van der Waals surface area contributed by atoms with Crippen LogP contribution in [-0.4, -0.2) is 19.0 Å². The minimum Gasteiger partial charge on any atom is -0.350 e. The molecular formula is C17H26N2O.